The largest absolute Gasteiger partial charge is 0.340 e. The van der Waals surface area contributed by atoms with Crippen LogP contribution in [0.3, 0.4) is 0 Å². The molecule has 0 bridgehead atoms. The molecule has 4 rings (SSSR count). The van der Waals surface area contributed by atoms with Crippen LogP contribution in [0.25, 0.3) is 11.2 Å². The number of nitrogens with zero attached hydrogens (tertiary/aromatic N) is 4. The number of aromatic amines is 2. The number of hydrogen-bond donors (Lipinski definition) is 2. The van der Waals surface area contributed by atoms with Gasteiger partial charge in [0.2, 0.25) is 0 Å². The van der Waals surface area contributed by atoms with Gasteiger partial charge in [0.1, 0.15) is 5.82 Å². The number of aromatic nitrogens is 5. The van der Waals surface area contributed by atoms with E-state index in [0.29, 0.717) is 17.8 Å². The van der Waals surface area contributed by atoms with Gasteiger partial charge < -0.3 is 9.88 Å². The maximum atomic E-state index is 13.0. The van der Waals surface area contributed by atoms with E-state index < -0.39 is 0 Å². The molecule has 7 heteroatoms. The third kappa shape index (κ3) is 2.55. The van der Waals surface area contributed by atoms with Crippen molar-refractivity contribution < 1.29 is 4.79 Å². The molecule has 1 aliphatic heterocycles. The van der Waals surface area contributed by atoms with Gasteiger partial charge in [-0.25, -0.2) is 9.97 Å². The van der Waals surface area contributed by atoms with E-state index in [1.165, 1.54) is 0 Å². The molecular formula is C17H20N6O. The van der Waals surface area contributed by atoms with Gasteiger partial charge in [0, 0.05) is 30.9 Å². The molecule has 124 valence electrons. The Morgan fingerprint density at radius 3 is 3.04 bits per heavy atom. The van der Waals surface area contributed by atoms with Crippen LogP contribution in [-0.4, -0.2) is 49.0 Å². The Morgan fingerprint density at radius 2 is 2.25 bits per heavy atom. The van der Waals surface area contributed by atoms with Crippen molar-refractivity contribution in [2.75, 3.05) is 13.1 Å². The van der Waals surface area contributed by atoms with Crippen LogP contribution in [0.4, 0.5) is 0 Å². The third-order valence-electron chi connectivity index (χ3n) is 4.59. The number of carbonyl (C=O) groups is 1. The predicted molar refractivity (Wildman–Crippen MR) is 89.8 cm³/mol. The monoisotopic (exact) mass is 324 g/mol. The number of amides is 1. The van der Waals surface area contributed by atoms with Crippen molar-refractivity contribution in [1.29, 1.82) is 0 Å². The Kier molecular flexibility index (Phi) is 3.55. The summed E-state index contributed by atoms with van der Waals surface area (Å²) >= 11 is 0. The minimum absolute atomic E-state index is 0.0306. The summed E-state index contributed by atoms with van der Waals surface area (Å²) in [4.78, 5) is 26.6. The van der Waals surface area contributed by atoms with Crippen LogP contribution in [0.2, 0.25) is 0 Å². The normalized spacial score (nSPS) is 18.2. The van der Waals surface area contributed by atoms with Gasteiger partial charge in [-0.05, 0) is 38.8 Å². The fourth-order valence-electron chi connectivity index (χ4n) is 3.43. The molecule has 0 saturated carbocycles. The first-order valence-corrected chi connectivity index (χ1v) is 8.24. The van der Waals surface area contributed by atoms with E-state index in [2.05, 4.69) is 31.2 Å². The Morgan fingerprint density at radius 1 is 1.38 bits per heavy atom. The van der Waals surface area contributed by atoms with E-state index in [0.717, 1.165) is 42.1 Å². The maximum Gasteiger partial charge on any atom is 0.256 e. The molecule has 1 aliphatic rings. The van der Waals surface area contributed by atoms with E-state index in [1.54, 1.807) is 12.3 Å². The first kappa shape index (κ1) is 14.9. The zero-order valence-electron chi connectivity index (χ0n) is 13.8. The summed E-state index contributed by atoms with van der Waals surface area (Å²) in [5.41, 5.74) is 4.05. The van der Waals surface area contributed by atoms with Crippen molar-refractivity contribution in [2.24, 2.45) is 0 Å². The summed E-state index contributed by atoms with van der Waals surface area (Å²) in [5, 5.41) is 7.36. The molecule has 7 nitrogen and oxygen atoms in total. The van der Waals surface area contributed by atoms with Crippen molar-refractivity contribution in [3.8, 4) is 0 Å². The van der Waals surface area contributed by atoms with Crippen LogP contribution in [0.15, 0.2) is 18.3 Å². The van der Waals surface area contributed by atoms with Gasteiger partial charge in [-0.3, -0.25) is 9.89 Å². The quantitative estimate of drug-likeness (QED) is 0.757. The Hall–Kier alpha value is -2.70. The molecule has 1 atom stereocenters. The molecule has 24 heavy (non-hydrogen) atoms. The number of piperidine rings is 1. The predicted octanol–water partition coefficient (Wildman–Crippen LogP) is 2.32. The fourth-order valence-corrected chi connectivity index (χ4v) is 3.43. The molecule has 1 unspecified atom stereocenters. The zero-order chi connectivity index (χ0) is 16.7. The van der Waals surface area contributed by atoms with Crippen molar-refractivity contribution >= 4 is 17.1 Å². The van der Waals surface area contributed by atoms with Crippen LogP contribution in [0.5, 0.6) is 0 Å². The first-order valence-electron chi connectivity index (χ1n) is 8.24. The fraction of sp³-hybridized carbons (Fsp3) is 0.412. The second kappa shape index (κ2) is 5.74. The van der Waals surface area contributed by atoms with Crippen molar-refractivity contribution in [1.82, 2.24) is 30.0 Å². The first-order chi connectivity index (χ1) is 11.6. The average Bonchev–Trinajstić information content (AvgIpc) is 3.18. The van der Waals surface area contributed by atoms with Gasteiger partial charge in [0.05, 0.1) is 16.8 Å². The Bertz CT molecular complexity index is 896. The molecular weight excluding hydrogens is 304 g/mol. The summed E-state index contributed by atoms with van der Waals surface area (Å²) in [6, 6.07) is 3.84. The van der Waals surface area contributed by atoms with Crippen molar-refractivity contribution in [2.45, 2.75) is 32.6 Å². The summed E-state index contributed by atoms with van der Waals surface area (Å²) in [5.74, 6) is 1.08. The van der Waals surface area contributed by atoms with Crippen LogP contribution >= 0.6 is 0 Å². The topological polar surface area (TPSA) is 90.6 Å². The number of H-pyrrole nitrogens is 2. The van der Waals surface area contributed by atoms with Crippen molar-refractivity contribution in [3.63, 3.8) is 0 Å². The van der Waals surface area contributed by atoms with Crippen molar-refractivity contribution in [3.05, 3.63) is 41.1 Å². The standard InChI is InChI=1S/C17H20N6O/c1-10-8-14(22-21-10)12-4-3-7-23(9-12)17(24)13-5-6-18-16-15(13)19-11(2)20-16/h5-6,8,12H,3-4,7,9H2,1-2H3,(H,21,22)(H,18,19,20). The molecule has 0 spiro atoms. The lowest BCUT2D eigenvalue weighted by atomic mass is 9.94. The molecule has 3 aromatic rings. The van der Waals surface area contributed by atoms with E-state index >= 15 is 0 Å². The molecule has 4 heterocycles. The highest BCUT2D eigenvalue weighted by Crippen LogP contribution is 2.27. The lowest BCUT2D eigenvalue weighted by Gasteiger charge is -2.32. The highest BCUT2D eigenvalue weighted by Gasteiger charge is 2.28. The summed E-state index contributed by atoms with van der Waals surface area (Å²) in [6.45, 7) is 5.33. The molecule has 0 aromatic carbocycles. The zero-order valence-corrected chi connectivity index (χ0v) is 13.8. The highest BCUT2D eigenvalue weighted by molar-refractivity contribution is 6.04. The summed E-state index contributed by atoms with van der Waals surface area (Å²) in [7, 11) is 0. The number of fused-ring (bicyclic) bond motifs is 1. The summed E-state index contributed by atoms with van der Waals surface area (Å²) in [6.07, 6.45) is 3.69. The number of aryl methyl sites for hydroxylation is 2. The lowest BCUT2D eigenvalue weighted by Crippen LogP contribution is -2.39. The van der Waals surface area contributed by atoms with Gasteiger partial charge in [-0.15, -0.1) is 0 Å². The van der Waals surface area contributed by atoms with E-state index in [-0.39, 0.29) is 11.8 Å². The number of carbonyl (C=O) groups excluding carboxylic acids is 1. The molecule has 0 aliphatic carbocycles. The molecule has 1 saturated heterocycles. The molecule has 1 amide bonds. The Labute approximate surface area is 139 Å². The second-order valence-corrected chi connectivity index (χ2v) is 6.45. The third-order valence-corrected chi connectivity index (χ3v) is 4.59. The van der Waals surface area contributed by atoms with Crippen LogP contribution in [-0.2, 0) is 0 Å². The number of pyridine rings is 1. The number of rotatable bonds is 2. The van der Waals surface area contributed by atoms with Gasteiger partial charge in [0.15, 0.2) is 5.65 Å². The number of imidazole rings is 1. The Balaban J connectivity index is 1.61. The van der Waals surface area contributed by atoms with Crippen LogP contribution < -0.4 is 0 Å². The van der Waals surface area contributed by atoms with Crippen LogP contribution in [0, 0.1) is 13.8 Å². The average molecular weight is 324 g/mol. The smallest absolute Gasteiger partial charge is 0.256 e. The number of likely N-dealkylation sites (tertiary alicyclic amines) is 1. The molecule has 0 radical (unpaired) electrons. The van der Waals surface area contributed by atoms with Gasteiger partial charge in [-0.2, -0.15) is 5.10 Å². The molecule has 3 aromatic heterocycles. The second-order valence-electron chi connectivity index (χ2n) is 6.45. The molecule has 1 fully saturated rings. The number of nitrogens with one attached hydrogen (secondary N) is 2. The minimum atomic E-state index is 0.0306. The van der Waals surface area contributed by atoms with Gasteiger partial charge >= 0.3 is 0 Å². The minimum Gasteiger partial charge on any atom is -0.340 e. The van der Waals surface area contributed by atoms with Gasteiger partial charge in [-0.1, -0.05) is 0 Å². The molecule has 2 N–H and O–H groups in total. The van der Waals surface area contributed by atoms with Gasteiger partial charge in [0.25, 0.3) is 5.91 Å². The lowest BCUT2D eigenvalue weighted by molar-refractivity contribution is 0.0707. The highest BCUT2D eigenvalue weighted by atomic mass is 16.2. The summed E-state index contributed by atoms with van der Waals surface area (Å²) < 4.78 is 0. The van der Waals surface area contributed by atoms with E-state index in [4.69, 9.17) is 0 Å². The van der Waals surface area contributed by atoms with E-state index in [9.17, 15) is 4.79 Å². The maximum absolute atomic E-state index is 13.0. The van der Waals surface area contributed by atoms with Crippen LogP contribution in [0.1, 0.15) is 46.3 Å². The van der Waals surface area contributed by atoms with E-state index in [1.807, 2.05) is 18.7 Å². The SMILES string of the molecule is Cc1cc(C2CCCN(C(=O)c3ccnc4nc(C)[nH]c34)C2)n[nH]1. The number of hydrogen-bond acceptors (Lipinski definition) is 4.